The highest BCUT2D eigenvalue weighted by molar-refractivity contribution is 7.88. The third-order valence-corrected chi connectivity index (χ3v) is 5.46. The van der Waals surface area contributed by atoms with Gasteiger partial charge < -0.3 is 0 Å². The minimum absolute atomic E-state index is 0.0625. The molecule has 1 aromatic carbocycles. The molecule has 122 valence electrons. The second kappa shape index (κ2) is 5.99. The van der Waals surface area contributed by atoms with Crippen LogP contribution in [0.2, 0.25) is 0 Å². The fourth-order valence-electron chi connectivity index (χ4n) is 2.24. The van der Waals surface area contributed by atoms with Gasteiger partial charge in [-0.2, -0.15) is 5.10 Å². The normalized spacial score (nSPS) is 12.1. The van der Waals surface area contributed by atoms with Crippen LogP contribution in [0, 0.1) is 19.7 Å². The maximum Gasteiger partial charge on any atom is 0.216 e. The number of hydrogen-bond donors (Lipinski definition) is 1. The van der Waals surface area contributed by atoms with E-state index in [0.717, 1.165) is 15.7 Å². The van der Waals surface area contributed by atoms with Gasteiger partial charge >= 0.3 is 0 Å². The number of halogens is 1. The number of sulfonamides is 1. The number of fused-ring (bicyclic) bond motifs is 1. The summed E-state index contributed by atoms with van der Waals surface area (Å²) in [5.41, 5.74) is 1.54. The topological polar surface area (TPSA) is 76.4 Å². The van der Waals surface area contributed by atoms with Crippen LogP contribution in [0.1, 0.15) is 22.0 Å². The van der Waals surface area contributed by atoms with E-state index in [4.69, 9.17) is 0 Å². The van der Waals surface area contributed by atoms with Crippen LogP contribution < -0.4 is 4.72 Å². The molecule has 0 aliphatic heterocycles. The molecular formula is C14H15FN4O2S2. The highest BCUT2D eigenvalue weighted by Gasteiger charge is 2.18. The van der Waals surface area contributed by atoms with E-state index in [0.29, 0.717) is 5.69 Å². The molecule has 1 N–H and O–H groups in total. The van der Waals surface area contributed by atoms with Crippen molar-refractivity contribution in [1.29, 1.82) is 0 Å². The Balaban J connectivity index is 1.78. The molecular weight excluding hydrogens is 339 g/mol. The summed E-state index contributed by atoms with van der Waals surface area (Å²) in [6, 6.07) is 5.83. The second-order valence-electron chi connectivity index (χ2n) is 5.13. The lowest BCUT2D eigenvalue weighted by molar-refractivity contribution is 0.572. The zero-order valence-corrected chi connectivity index (χ0v) is 14.2. The molecule has 0 fully saturated rings. The molecule has 23 heavy (non-hydrogen) atoms. The first-order valence-electron chi connectivity index (χ1n) is 6.88. The monoisotopic (exact) mass is 354 g/mol. The van der Waals surface area contributed by atoms with Gasteiger partial charge in [-0.1, -0.05) is 29.5 Å². The van der Waals surface area contributed by atoms with Crippen molar-refractivity contribution in [1.82, 2.24) is 19.3 Å². The molecule has 0 radical (unpaired) electrons. The van der Waals surface area contributed by atoms with Gasteiger partial charge in [0.1, 0.15) is 10.8 Å². The quantitative estimate of drug-likeness (QED) is 0.762. The maximum absolute atomic E-state index is 13.6. The van der Waals surface area contributed by atoms with Gasteiger partial charge in [0.05, 0.1) is 23.7 Å². The van der Waals surface area contributed by atoms with Crippen LogP contribution >= 0.6 is 11.3 Å². The number of benzene rings is 1. The van der Waals surface area contributed by atoms with E-state index in [-0.39, 0.29) is 12.1 Å². The number of rotatable bonds is 5. The Kier molecular flexibility index (Phi) is 4.17. The number of nitrogens with one attached hydrogen (secondary N) is 1. The standard InChI is InChI=1S/C14H15FN4O2S2/c1-9-13(19-14(17-9)22-10(2)18-19)7-16-23(20,21)8-11-5-3-4-6-12(11)15/h3-6,16H,7-8H2,1-2H3. The van der Waals surface area contributed by atoms with Crippen LogP contribution in [0.15, 0.2) is 24.3 Å². The Hall–Kier alpha value is -1.84. The molecule has 0 bridgehead atoms. The van der Waals surface area contributed by atoms with Crippen molar-refractivity contribution in [3.8, 4) is 0 Å². The maximum atomic E-state index is 13.6. The Morgan fingerprint density at radius 2 is 2.04 bits per heavy atom. The van der Waals surface area contributed by atoms with Gasteiger partial charge in [0, 0.05) is 5.56 Å². The van der Waals surface area contributed by atoms with Gasteiger partial charge in [-0.3, -0.25) is 0 Å². The highest BCUT2D eigenvalue weighted by Crippen LogP contribution is 2.18. The van der Waals surface area contributed by atoms with E-state index >= 15 is 0 Å². The summed E-state index contributed by atoms with van der Waals surface area (Å²) < 4.78 is 42.1. The molecule has 3 rings (SSSR count). The average Bonchev–Trinajstić information content (AvgIpc) is 2.94. The van der Waals surface area contributed by atoms with Crippen molar-refractivity contribution in [3.63, 3.8) is 0 Å². The van der Waals surface area contributed by atoms with Gasteiger partial charge in [-0.15, -0.1) is 0 Å². The predicted octanol–water partition coefficient (Wildman–Crippen LogP) is 2.17. The molecule has 0 unspecified atom stereocenters. The minimum Gasteiger partial charge on any atom is -0.223 e. The largest absolute Gasteiger partial charge is 0.223 e. The Bertz CT molecular complexity index is 962. The molecule has 0 atom stereocenters. The Labute approximate surface area is 137 Å². The van der Waals surface area contributed by atoms with E-state index < -0.39 is 21.6 Å². The molecule has 3 aromatic rings. The van der Waals surface area contributed by atoms with E-state index in [1.807, 2.05) is 6.92 Å². The summed E-state index contributed by atoms with van der Waals surface area (Å²) in [7, 11) is -3.67. The summed E-state index contributed by atoms with van der Waals surface area (Å²) in [5, 5.41) is 5.16. The van der Waals surface area contributed by atoms with Crippen LogP contribution in [0.25, 0.3) is 4.96 Å². The van der Waals surface area contributed by atoms with Crippen molar-refractivity contribution >= 4 is 26.3 Å². The third kappa shape index (κ3) is 3.41. The minimum atomic E-state index is -3.67. The van der Waals surface area contributed by atoms with Crippen LogP contribution in [-0.2, 0) is 22.3 Å². The van der Waals surface area contributed by atoms with Gasteiger partial charge in [-0.25, -0.2) is 27.0 Å². The summed E-state index contributed by atoms with van der Waals surface area (Å²) in [6.07, 6.45) is 0. The lowest BCUT2D eigenvalue weighted by atomic mass is 10.2. The fourth-order valence-corrected chi connectivity index (χ4v) is 4.15. The molecule has 0 spiro atoms. The highest BCUT2D eigenvalue weighted by atomic mass is 32.2. The molecule has 2 aromatic heterocycles. The van der Waals surface area contributed by atoms with E-state index in [1.54, 1.807) is 17.5 Å². The van der Waals surface area contributed by atoms with Crippen LogP contribution in [0.5, 0.6) is 0 Å². The second-order valence-corrected chi connectivity index (χ2v) is 8.10. The Morgan fingerprint density at radius 1 is 1.30 bits per heavy atom. The molecule has 0 saturated heterocycles. The van der Waals surface area contributed by atoms with E-state index in [1.165, 1.54) is 29.5 Å². The summed E-state index contributed by atoms with van der Waals surface area (Å²) in [6.45, 7) is 3.73. The first kappa shape index (κ1) is 16.0. The first-order valence-corrected chi connectivity index (χ1v) is 9.35. The SMILES string of the molecule is Cc1nn2c(CNS(=O)(=O)Cc3ccccc3F)c(C)nc2s1. The Morgan fingerprint density at radius 3 is 2.78 bits per heavy atom. The molecule has 0 aliphatic carbocycles. The summed E-state index contributed by atoms with van der Waals surface area (Å²) in [5.74, 6) is -0.938. The zero-order valence-electron chi connectivity index (χ0n) is 12.6. The van der Waals surface area contributed by atoms with E-state index in [9.17, 15) is 12.8 Å². The van der Waals surface area contributed by atoms with Crippen LogP contribution in [0.3, 0.4) is 0 Å². The molecule has 9 heteroatoms. The number of nitrogens with zero attached hydrogens (tertiary/aromatic N) is 3. The number of aromatic nitrogens is 3. The van der Waals surface area contributed by atoms with Crippen molar-refractivity contribution < 1.29 is 12.8 Å². The molecule has 0 aliphatic rings. The molecule has 2 heterocycles. The van der Waals surface area contributed by atoms with Gasteiger partial charge in [0.15, 0.2) is 0 Å². The third-order valence-electron chi connectivity index (χ3n) is 3.36. The first-order chi connectivity index (χ1) is 10.9. The predicted molar refractivity (Wildman–Crippen MR) is 86.2 cm³/mol. The lowest BCUT2D eigenvalue weighted by Gasteiger charge is -2.07. The summed E-state index contributed by atoms with van der Waals surface area (Å²) >= 11 is 1.44. The zero-order chi connectivity index (χ0) is 16.6. The van der Waals surface area contributed by atoms with Crippen molar-refractivity contribution in [2.24, 2.45) is 0 Å². The van der Waals surface area contributed by atoms with Gasteiger partial charge in [0.2, 0.25) is 15.0 Å². The number of aryl methyl sites for hydroxylation is 2. The molecule has 6 nitrogen and oxygen atoms in total. The smallest absolute Gasteiger partial charge is 0.216 e. The summed E-state index contributed by atoms with van der Waals surface area (Å²) in [4.78, 5) is 5.08. The number of imidazole rings is 1. The fraction of sp³-hybridized carbons (Fsp3) is 0.286. The average molecular weight is 354 g/mol. The lowest BCUT2D eigenvalue weighted by Crippen LogP contribution is -2.26. The van der Waals surface area contributed by atoms with Crippen molar-refractivity contribution in [3.05, 3.63) is 52.0 Å². The van der Waals surface area contributed by atoms with Gasteiger partial charge in [0.25, 0.3) is 0 Å². The van der Waals surface area contributed by atoms with Gasteiger partial charge in [-0.05, 0) is 19.9 Å². The molecule has 0 amide bonds. The van der Waals surface area contributed by atoms with E-state index in [2.05, 4.69) is 14.8 Å². The number of hydrogen-bond acceptors (Lipinski definition) is 5. The van der Waals surface area contributed by atoms with Crippen LogP contribution in [0.4, 0.5) is 4.39 Å². The van der Waals surface area contributed by atoms with Crippen molar-refractivity contribution in [2.75, 3.05) is 0 Å². The molecule has 0 saturated carbocycles. The van der Waals surface area contributed by atoms with Crippen LogP contribution in [-0.4, -0.2) is 23.0 Å². The van der Waals surface area contributed by atoms with Crippen molar-refractivity contribution in [2.45, 2.75) is 26.1 Å².